The number of amides is 1. The van der Waals surface area contributed by atoms with Crippen LogP contribution in [0, 0.1) is 6.92 Å². The summed E-state index contributed by atoms with van der Waals surface area (Å²) in [5.41, 5.74) is 1.80. The van der Waals surface area contributed by atoms with E-state index in [1.807, 2.05) is 19.1 Å². The fraction of sp³-hybridized carbons (Fsp3) is 0.273. The first-order valence-corrected chi connectivity index (χ1v) is 11.3. The zero-order valence-corrected chi connectivity index (χ0v) is 18.5. The van der Waals surface area contributed by atoms with E-state index in [2.05, 4.69) is 4.90 Å². The molecule has 3 aromatic rings. The van der Waals surface area contributed by atoms with Crippen molar-refractivity contribution in [3.05, 3.63) is 68.9 Å². The molecule has 0 atom stereocenters. The highest BCUT2D eigenvalue weighted by Gasteiger charge is 2.33. The van der Waals surface area contributed by atoms with Gasteiger partial charge in [0, 0.05) is 19.3 Å². The fourth-order valence-corrected chi connectivity index (χ4v) is 5.16. The van der Waals surface area contributed by atoms with Crippen molar-refractivity contribution in [2.45, 2.75) is 26.3 Å². The summed E-state index contributed by atoms with van der Waals surface area (Å²) in [6.07, 6.45) is 7.04. The molecule has 2 aliphatic heterocycles. The Morgan fingerprint density at radius 1 is 1.23 bits per heavy atom. The number of thioether (sulfide) groups is 1. The van der Waals surface area contributed by atoms with E-state index in [4.69, 9.17) is 21.6 Å². The van der Waals surface area contributed by atoms with Crippen molar-refractivity contribution >= 4 is 51.7 Å². The van der Waals surface area contributed by atoms with Gasteiger partial charge in [0.2, 0.25) is 0 Å². The minimum atomic E-state index is -0.229. The van der Waals surface area contributed by atoms with Crippen LogP contribution in [0.25, 0.3) is 11.7 Å². The number of anilines is 1. The number of furan rings is 1. The van der Waals surface area contributed by atoms with Gasteiger partial charge in [0.25, 0.3) is 11.5 Å². The molecule has 31 heavy (non-hydrogen) atoms. The number of rotatable bonds is 4. The van der Waals surface area contributed by atoms with Crippen LogP contribution in [0.4, 0.5) is 5.82 Å². The summed E-state index contributed by atoms with van der Waals surface area (Å²) in [6.45, 7) is 3.89. The average molecular weight is 453 g/mol. The highest BCUT2D eigenvalue weighted by atomic mass is 32.2. The zero-order chi connectivity index (χ0) is 21.5. The molecule has 5 heterocycles. The molecule has 0 spiro atoms. The molecule has 0 N–H and O–H groups in total. The Hall–Kier alpha value is -2.91. The summed E-state index contributed by atoms with van der Waals surface area (Å²) in [5, 5.41) is 0. The number of aryl methyl sites for hydroxylation is 1. The lowest BCUT2D eigenvalue weighted by atomic mass is 10.2. The molecule has 0 aromatic carbocycles. The Morgan fingerprint density at radius 2 is 2.03 bits per heavy atom. The molecule has 9 heteroatoms. The van der Waals surface area contributed by atoms with Crippen molar-refractivity contribution < 1.29 is 9.21 Å². The Kier molecular flexibility index (Phi) is 5.15. The van der Waals surface area contributed by atoms with Crippen LogP contribution in [0.15, 0.2) is 50.8 Å². The minimum Gasteiger partial charge on any atom is -0.467 e. The van der Waals surface area contributed by atoms with E-state index in [-0.39, 0.29) is 18.0 Å². The van der Waals surface area contributed by atoms with E-state index >= 15 is 0 Å². The topological polar surface area (TPSA) is 71.1 Å². The van der Waals surface area contributed by atoms with Crippen LogP contribution in [0.5, 0.6) is 0 Å². The summed E-state index contributed by atoms with van der Waals surface area (Å²) in [4.78, 5) is 35.4. The van der Waals surface area contributed by atoms with Gasteiger partial charge in [-0.1, -0.05) is 30.0 Å². The molecule has 158 valence electrons. The maximum absolute atomic E-state index is 13.4. The normalized spacial score (nSPS) is 18.2. The molecular weight excluding hydrogens is 432 g/mol. The molecule has 0 radical (unpaired) electrons. The molecule has 1 amide bonds. The first-order chi connectivity index (χ1) is 15.0. The van der Waals surface area contributed by atoms with E-state index in [0.29, 0.717) is 32.0 Å². The standard InChI is InChI=1S/C22H20N4O3S2/c1-14-6-4-10-25-18(14)23-19(24-8-2-3-9-24)16(20(25)27)12-17-21(28)26(22(30)31-17)13-15-7-5-11-29-15/h4-7,10-12H,2-3,8-9,13H2,1H3. The second-order valence-electron chi connectivity index (χ2n) is 7.58. The van der Waals surface area contributed by atoms with Gasteiger partial charge in [-0.15, -0.1) is 0 Å². The van der Waals surface area contributed by atoms with Crippen LogP contribution in [-0.2, 0) is 11.3 Å². The van der Waals surface area contributed by atoms with Crippen molar-refractivity contribution in [2.24, 2.45) is 0 Å². The van der Waals surface area contributed by atoms with Gasteiger partial charge < -0.3 is 9.32 Å². The number of hydrogen-bond donors (Lipinski definition) is 0. The molecule has 2 saturated heterocycles. The van der Waals surface area contributed by atoms with Gasteiger partial charge in [-0.25, -0.2) is 4.98 Å². The van der Waals surface area contributed by atoms with Crippen LogP contribution in [0.3, 0.4) is 0 Å². The first-order valence-electron chi connectivity index (χ1n) is 10.1. The van der Waals surface area contributed by atoms with Gasteiger partial charge in [0.1, 0.15) is 21.5 Å². The predicted octanol–water partition coefficient (Wildman–Crippen LogP) is 3.60. The van der Waals surface area contributed by atoms with Crippen molar-refractivity contribution in [3.63, 3.8) is 0 Å². The van der Waals surface area contributed by atoms with Gasteiger partial charge in [-0.3, -0.25) is 18.9 Å². The molecule has 2 fully saturated rings. The summed E-state index contributed by atoms with van der Waals surface area (Å²) >= 11 is 6.63. The van der Waals surface area contributed by atoms with E-state index in [0.717, 1.165) is 31.5 Å². The largest absolute Gasteiger partial charge is 0.467 e. The maximum Gasteiger partial charge on any atom is 0.267 e. The second-order valence-corrected chi connectivity index (χ2v) is 9.26. The smallest absolute Gasteiger partial charge is 0.267 e. The third-order valence-electron chi connectivity index (χ3n) is 5.51. The highest BCUT2D eigenvalue weighted by Crippen LogP contribution is 2.35. The zero-order valence-electron chi connectivity index (χ0n) is 16.9. The van der Waals surface area contributed by atoms with Gasteiger partial charge >= 0.3 is 0 Å². The van der Waals surface area contributed by atoms with Crippen LogP contribution in [0.2, 0.25) is 0 Å². The quantitative estimate of drug-likeness (QED) is 0.442. The molecule has 0 aliphatic carbocycles. The van der Waals surface area contributed by atoms with Crippen molar-refractivity contribution in [1.82, 2.24) is 14.3 Å². The molecule has 0 saturated carbocycles. The molecule has 5 rings (SSSR count). The van der Waals surface area contributed by atoms with Crippen LogP contribution < -0.4 is 10.5 Å². The molecule has 3 aromatic heterocycles. The van der Waals surface area contributed by atoms with E-state index in [9.17, 15) is 9.59 Å². The molecule has 0 bridgehead atoms. The van der Waals surface area contributed by atoms with Gasteiger partial charge in [-0.05, 0) is 49.6 Å². The first kappa shape index (κ1) is 20.0. The van der Waals surface area contributed by atoms with Crippen molar-refractivity contribution in [1.29, 1.82) is 0 Å². The third kappa shape index (κ3) is 3.57. The Bertz CT molecular complexity index is 1270. The fourth-order valence-electron chi connectivity index (χ4n) is 3.92. The molecule has 0 unspecified atom stereocenters. The maximum atomic E-state index is 13.4. The Labute approximate surface area is 188 Å². The number of nitrogens with zero attached hydrogens (tertiary/aromatic N) is 4. The second kappa shape index (κ2) is 7.97. The number of pyridine rings is 1. The monoisotopic (exact) mass is 452 g/mol. The minimum absolute atomic E-state index is 0.188. The van der Waals surface area contributed by atoms with Gasteiger partial charge in [0.15, 0.2) is 0 Å². The number of fused-ring (bicyclic) bond motifs is 1. The Balaban J connectivity index is 1.61. The van der Waals surface area contributed by atoms with E-state index in [1.54, 1.807) is 35.1 Å². The van der Waals surface area contributed by atoms with Gasteiger partial charge in [0.05, 0.1) is 23.3 Å². The van der Waals surface area contributed by atoms with Gasteiger partial charge in [-0.2, -0.15) is 0 Å². The number of thiocarbonyl (C=S) groups is 1. The van der Waals surface area contributed by atoms with Crippen LogP contribution >= 0.6 is 24.0 Å². The summed E-state index contributed by atoms with van der Waals surface area (Å²) in [6, 6.07) is 7.34. The van der Waals surface area contributed by atoms with Crippen LogP contribution in [0.1, 0.15) is 29.7 Å². The van der Waals surface area contributed by atoms with E-state index < -0.39 is 0 Å². The number of hydrogen-bond acceptors (Lipinski definition) is 7. The molecular formula is C22H20N4O3S2. The number of carbonyl (C=O) groups is 1. The third-order valence-corrected chi connectivity index (χ3v) is 6.89. The SMILES string of the molecule is Cc1cccn2c(=O)c(C=C3SC(=S)N(Cc4ccco4)C3=O)c(N3CCCC3)nc12. The molecule has 7 nitrogen and oxygen atoms in total. The summed E-state index contributed by atoms with van der Waals surface area (Å²) in [5.74, 6) is 1.05. The van der Waals surface area contributed by atoms with Crippen LogP contribution in [-0.4, -0.2) is 37.6 Å². The lowest BCUT2D eigenvalue weighted by Crippen LogP contribution is -2.28. The highest BCUT2D eigenvalue weighted by molar-refractivity contribution is 8.26. The molecule has 2 aliphatic rings. The predicted molar refractivity (Wildman–Crippen MR) is 125 cm³/mol. The average Bonchev–Trinajstić information content (AvgIpc) is 3.51. The van der Waals surface area contributed by atoms with E-state index in [1.165, 1.54) is 16.7 Å². The summed E-state index contributed by atoms with van der Waals surface area (Å²) in [7, 11) is 0. The number of aromatic nitrogens is 2. The summed E-state index contributed by atoms with van der Waals surface area (Å²) < 4.78 is 7.35. The Morgan fingerprint density at radius 3 is 2.77 bits per heavy atom. The van der Waals surface area contributed by atoms with Crippen molar-refractivity contribution in [2.75, 3.05) is 18.0 Å². The van der Waals surface area contributed by atoms with Crippen molar-refractivity contribution in [3.8, 4) is 0 Å². The lowest BCUT2D eigenvalue weighted by Gasteiger charge is -2.20. The number of carbonyl (C=O) groups excluding carboxylic acids is 1. The lowest BCUT2D eigenvalue weighted by molar-refractivity contribution is -0.122.